The molecule has 90 heavy (non-hydrogen) atoms. The molecular weight excluding hydrogens is 1190 g/mol. The Balaban J connectivity index is 0.000000230. The largest absolute Gasteiger partial charge is 0.505 e. The third-order valence-electron chi connectivity index (χ3n) is 13.9. The van der Waals surface area contributed by atoms with Crippen LogP contribution in [-0.2, 0) is 44.2 Å². The molecule has 0 atom stereocenters. The van der Waals surface area contributed by atoms with Gasteiger partial charge in [-0.15, -0.1) is 22.4 Å². The van der Waals surface area contributed by atoms with Crippen LogP contribution in [0.4, 0.5) is 45.5 Å². The van der Waals surface area contributed by atoms with Crippen LogP contribution in [0.5, 0.6) is 11.5 Å². The molecule has 0 unspecified atom stereocenters. The van der Waals surface area contributed by atoms with Gasteiger partial charge in [0.15, 0.2) is 5.75 Å². The number of nitrogens with one attached hydrogen (secondary N) is 5. The predicted molar refractivity (Wildman–Crippen MR) is 375 cm³/mol. The maximum absolute atomic E-state index is 13.2. The first-order valence-electron chi connectivity index (χ1n) is 29.6. The summed E-state index contributed by atoms with van der Waals surface area (Å²) in [5.41, 5.74) is 14.1. The average molecular weight is 1270 g/mol. The molecule has 0 fully saturated rings. The van der Waals surface area contributed by atoms with E-state index in [0.717, 1.165) is 76.7 Å². The zero-order chi connectivity index (χ0) is 62.5. The Bertz CT molecular complexity index is 4460. The van der Waals surface area contributed by atoms with Gasteiger partial charge in [0.05, 0.1) is 33.7 Å². The standard InChI is InChI=1S/C30H25N5O2.C30H22N4O2.C8H10N.3C2H6.CH3.Y/c1-31-21-12-14-22(15-13-21)33-34-29-27-19(11-16-25-24-9-5-6-10-26(24)32-28(25)27)17-20(30(29)36)18-37-35-23-7-3-2-4-8-23;1-18-11-14-21(15-12-18)33-34-28-26-19(13-16-23-22-9-5-6-10-25(22)32-27(23)26)17-24(29(28)35)30(36)31-20-7-3-2-4-8-20;1-9(2)8-6-4-3-5-7-8;3*1-2;;/h2-17,31-32,35-36H,18H2,1H3;2-17,32,35H,1H3,(H,31,36);4-7H,1-2H3;3*1-2H3;1H3;/q;;-1;;;;-1;. The first-order chi connectivity index (χ1) is 43.1. The van der Waals surface area contributed by atoms with Gasteiger partial charge in [0, 0.05) is 114 Å². The number of hydrogen-bond donors (Lipinski definition) is 7. The van der Waals surface area contributed by atoms with Crippen molar-refractivity contribution in [2.24, 2.45) is 20.5 Å². The number of aromatic amines is 2. The fraction of sp³-hybridized carbons (Fsp3) is 0.147. The van der Waals surface area contributed by atoms with E-state index in [1.165, 1.54) is 5.69 Å². The van der Waals surface area contributed by atoms with Gasteiger partial charge in [0.2, 0.25) is 0 Å². The molecule has 2 aromatic heterocycles. The Morgan fingerprint density at radius 1 is 0.533 bits per heavy atom. The van der Waals surface area contributed by atoms with E-state index in [9.17, 15) is 15.0 Å². The number of H-pyrrole nitrogens is 2. The van der Waals surface area contributed by atoms with Gasteiger partial charge >= 0.3 is 0 Å². The van der Waals surface area contributed by atoms with Gasteiger partial charge in [-0.05, 0) is 103 Å². The molecule has 15 heteroatoms. The number of phenols is 2. The number of phenolic OH excluding ortho intramolecular Hbond substituents is 2. The van der Waals surface area contributed by atoms with Gasteiger partial charge in [0.25, 0.3) is 5.91 Å². The van der Waals surface area contributed by atoms with Crippen molar-refractivity contribution in [3.8, 4) is 11.5 Å². The van der Waals surface area contributed by atoms with Crippen LogP contribution in [0.25, 0.3) is 65.2 Å². The molecule has 0 aliphatic rings. The summed E-state index contributed by atoms with van der Waals surface area (Å²) in [7, 11) is 5.91. The molecule has 0 saturated heterocycles. The van der Waals surface area contributed by atoms with Crippen LogP contribution in [-0.4, -0.2) is 47.2 Å². The zero-order valence-electron chi connectivity index (χ0n) is 53.0. The minimum atomic E-state index is -0.427. The summed E-state index contributed by atoms with van der Waals surface area (Å²) in [6.45, 7) is 14.1. The van der Waals surface area contributed by atoms with Crippen molar-refractivity contribution < 1.29 is 52.6 Å². The van der Waals surface area contributed by atoms with E-state index >= 15 is 0 Å². The molecule has 0 saturated carbocycles. The van der Waals surface area contributed by atoms with Gasteiger partial charge in [-0.25, -0.2) is 0 Å². The fourth-order valence-corrected chi connectivity index (χ4v) is 9.72. The first kappa shape index (κ1) is 69.4. The number of benzene rings is 11. The summed E-state index contributed by atoms with van der Waals surface area (Å²) in [4.78, 5) is 28.0. The van der Waals surface area contributed by atoms with Crippen molar-refractivity contribution in [2.75, 3.05) is 42.2 Å². The number of azo groups is 2. The summed E-state index contributed by atoms with van der Waals surface area (Å²) in [6.07, 6.45) is 0. The van der Waals surface area contributed by atoms with Crippen molar-refractivity contribution in [3.63, 3.8) is 0 Å². The Hall–Kier alpha value is -9.73. The van der Waals surface area contributed by atoms with Crippen LogP contribution in [0.15, 0.2) is 239 Å². The number of fused-ring (bicyclic) bond motifs is 10. The Morgan fingerprint density at radius 2 is 1.00 bits per heavy atom. The second-order valence-corrected chi connectivity index (χ2v) is 19.6. The molecule has 2 heterocycles. The molecule has 1 amide bonds. The quantitative estimate of drug-likeness (QED) is 0.0360. The van der Waals surface area contributed by atoms with Gasteiger partial charge in [-0.1, -0.05) is 162 Å². The van der Waals surface area contributed by atoms with Gasteiger partial charge < -0.3 is 43.1 Å². The number of hydrogen-bond acceptors (Lipinski definition) is 11. The number of aryl methyl sites for hydroxylation is 1. The van der Waals surface area contributed by atoms with E-state index in [-0.39, 0.29) is 69.5 Å². The number of rotatable bonds is 12. The number of aromatic hydroxyl groups is 2. The molecule has 7 N–H and O–H groups in total. The smallest absolute Gasteiger partial charge is 0.259 e. The second-order valence-electron chi connectivity index (χ2n) is 19.6. The number of carbonyl (C=O) groups is 1. The molecule has 13 aromatic rings. The number of carbonyl (C=O) groups excluding carboxylic acids is 1. The molecule has 0 spiro atoms. The van der Waals surface area contributed by atoms with E-state index in [1.807, 2.05) is 252 Å². The number of nitrogens with zero attached hydrogens (tertiary/aromatic N) is 5. The van der Waals surface area contributed by atoms with Crippen LogP contribution in [0.1, 0.15) is 63.0 Å². The summed E-state index contributed by atoms with van der Waals surface area (Å²) in [6, 6.07) is 72.7. The van der Waals surface area contributed by atoms with Crippen LogP contribution in [0.2, 0.25) is 0 Å². The molecule has 1 radical (unpaired) electrons. The second kappa shape index (κ2) is 34.1. The SMILES string of the molecule is CC.CC.CC.CN(C)c1cc[c-]cc1.CNc1ccc(N=Nc2c(O)c(CONc3ccccc3)cc3ccc4c5ccccc5[nH]c4c23)cc1.Cc1ccc(N=Nc2c(O)c(C(=O)Nc3ccccc3)cc3ccc4c5ccccc5[nH]c4c23)cc1.[CH3-].[Y]. The van der Waals surface area contributed by atoms with E-state index in [0.29, 0.717) is 33.7 Å². The number of amides is 1. The monoisotopic (exact) mass is 1270 g/mol. The topological polar surface area (TPSA) is 187 Å². The normalized spacial score (nSPS) is 10.5. The van der Waals surface area contributed by atoms with Crippen molar-refractivity contribution in [1.29, 1.82) is 0 Å². The molecular formula is C75H78N10O4Y-2. The van der Waals surface area contributed by atoms with Gasteiger partial charge in [-0.3, -0.25) is 15.1 Å². The molecule has 0 aliphatic carbocycles. The minimum absolute atomic E-state index is 0. The maximum atomic E-state index is 13.2. The van der Waals surface area contributed by atoms with E-state index in [4.69, 9.17) is 4.84 Å². The van der Waals surface area contributed by atoms with E-state index in [2.05, 4.69) is 75.7 Å². The Kier molecular flexibility index (Phi) is 26.3. The molecule has 0 aliphatic heterocycles. The first-order valence-corrected chi connectivity index (χ1v) is 29.6. The van der Waals surface area contributed by atoms with Crippen molar-refractivity contribution in [1.82, 2.24) is 9.97 Å². The van der Waals surface area contributed by atoms with Crippen LogP contribution in [0.3, 0.4) is 0 Å². The number of aromatic nitrogens is 2. The summed E-state index contributed by atoms with van der Waals surface area (Å²) in [5.74, 6) is -0.619. The van der Waals surface area contributed by atoms with Crippen LogP contribution >= 0.6 is 0 Å². The Labute approximate surface area is 553 Å². The van der Waals surface area contributed by atoms with Crippen LogP contribution in [0, 0.1) is 20.4 Å². The predicted octanol–water partition coefficient (Wildman–Crippen LogP) is 21.4. The molecule has 0 bridgehead atoms. The molecule has 11 aromatic carbocycles. The van der Waals surface area contributed by atoms with Crippen molar-refractivity contribution in [2.45, 2.75) is 55.1 Å². The third-order valence-corrected chi connectivity index (χ3v) is 13.9. The van der Waals surface area contributed by atoms with E-state index in [1.54, 1.807) is 18.2 Å². The third kappa shape index (κ3) is 16.5. The van der Waals surface area contributed by atoms with Crippen molar-refractivity contribution in [3.05, 3.63) is 249 Å². The number of para-hydroxylation sites is 4. The van der Waals surface area contributed by atoms with Gasteiger partial charge in [-0.2, -0.15) is 28.4 Å². The van der Waals surface area contributed by atoms with E-state index < -0.39 is 5.91 Å². The van der Waals surface area contributed by atoms with Gasteiger partial charge in [0.1, 0.15) is 23.7 Å². The van der Waals surface area contributed by atoms with Crippen molar-refractivity contribution >= 4 is 117 Å². The molecule has 14 nitrogen and oxygen atoms in total. The fourth-order valence-electron chi connectivity index (χ4n) is 9.72. The average Bonchev–Trinajstić information content (AvgIpc) is 1.53. The number of anilines is 4. The maximum Gasteiger partial charge on any atom is 0.259 e. The van der Waals surface area contributed by atoms with Crippen LogP contribution < -0.4 is 21.0 Å². The summed E-state index contributed by atoms with van der Waals surface area (Å²) < 4.78 is 0. The summed E-state index contributed by atoms with van der Waals surface area (Å²) in [5, 5.41) is 54.1. The molecule has 13 rings (SSSR count). The summed E-state index contributed by atoms with van der Waals surface area (Å²) >= 11 is 0. The zero-order valence-corrected chi connectivity index (χ0v) is 55.9. The Morgan fingerprint density at radius 3 is 1.50 bits per heavy atom. The molecule has 457 valence electrons. The minimum Gasteiger partial charge on any atom is -0.505 e.